The quantitative estimate of drug-likeness (QED) is 0.364. The molecule has 130 valence electrons. The number of hydrogen-bond acceptors (Lipinski definition) is 1. The zero-order chi connectivity index (χ0) is 16.8. The van der Waals surface area contributed by atoms with Gasteiger partial charge in [0.05, 0.1) is 0 Å². The fourth-order valence-corrected chi connectivity index (χ4v) is 2.78. The van der Waals surface area contributed by atoms with E-state index in [2.05, 4.69) is 17.6 Å². The van der Waals surface area contributed by atoms with E-state index in [1.807, 2.05) is 24.3 Å². The van der Waals surface area contributed by atoms with Crippen LogP contribution in [0.15, 0.2) is 24.3 Å². The number of hydrogen-bond donors (Lipinski definition) is 2. The number of halogens is 1. The lowest BCUT2D eigenvalue weighted by Crippen LogP contribution is -2.35. The van der Waals surface area contributed by atoms with Crippen LogP contribution in [0.3, 0.4) is 0 Å². The number of thiocarbonyl (C=S) groups is 1. The molecule has 0 amide bonds. The Kier molecular flexibility index (Phi) is 12.0. The largest absolute Gasteiger partial charge is 0.363 e. The molecule has 0 saturated heterocycles. The maximum atomic E-state index is 5.87. The highest BCUT2D eigenvalue weighted by Crippen LogP contribution is 2.10. The molecule has 2 nitrogen and oxygen atoms in total. The van der Waals surface area contributed by atoms with Crippen molar-refractivity contribution in [1.29, 1.82) is 0 Å². The number of unbranched alkanes of at least 4 members (excludes halogenated alkanes) is 8. The molecule has 0 fully saturated rings. The van der Waals surface area contributed by atoms with Crippen LogP contribution in [0, 0.1) is 0 Å². The SMILES string of the molecule is CCCCCCCCCCCNC(=S)NCc1ccc(Cl)cc1. The van der Waals surface area contributed by atoms with Gasteiger partial charge in [-0.2, -0.15) is 0 Å². The lowest BCUT2D eigenvalue weighted by molar-refractivity contribution is 0.562. The van der Waals surface area contributed by atoms with Crippen molar-refractivity contribution in [2.45, 2.75) is 71.3 Å². The predicted octanol–water partition coefficient (Wildman–Crippen LogP) is 5.83. The minimum atomic E-state index is 0.736. The molecule has 2 N–H and O–H groups in total. The summed E-state index contributed by atoms with van der Waals surface area (Å²) in [6.45, 7) is 3.96. The summed E-state index contributed by atoms with van der Waals surface area (Å²) in [5.41, 5.74) is 1.18. The smallest absolute Gasteiger partial charge is 0.166 e. The molecule has 0 saturated carbocycles. The Morgan fingerprint density at radius 1 is 0.870 bits per heavy atom. The van der Waals surface area contributed by atoms with E-state index in [-0.39, 0.29) is 0 Å². The van der Waals surface area contributed by atoms with Gasteiger partial charge >= 0.3 is 0 Å². The summed E-state index contributed by atoms with van der Waals surface area (Å²) in [4.78, 5) is 0. The Balaban J connectivity index is 1.91. The van der Waals surface area contributed by atoms with Gasteiger partial charge in [-0.05, 0) is 36.3 Å². The summed E-state index contributed by atoms with van der Waals surface area (Å²) >= 11 is 11.2. The van der Waals surface area contributed by atoms with E-state index in [0.29, 0.717) is 0 Å². The average molecular weight is 355 g/mol. The fourth-order valence-electron chi connectivity index (χ4n) is 2.48. The third-order valence-corrected chi connectivity index (χ3v) is 4.47. The van der Waals surface area contributed by atoms with Gasteiger partial charge in [-0.3, -0.25) is 0 Å². The summed E-state index contributed by atoms with van der Waals surface area (Å²) in [5.74, 6) is 0. The second kappa shape index (κ2) is 13.6. The molecule has 0 aliphatic rings. The molecule has 0 spiro atoms. The molecule has 23 heavy (non-hydrogen) atoms. The maximum absolute atomic E-state index is 5.87. The molecule has 0 aromatic heterocycles. The van der Waals surface area contributed by atoms with Crippen LogP contribution in [0.1, 0.15) is 70.3 Å². The first-order chi connectivity index (χ1) is 11.2. The van der Waals surface area contributed by atoms with Crippen LogP contribution in [0.2, 0.25) is 5.02 Å². The molecule has 1 rings (SSSR count). The molecule has 4 heteroatoms. The lowest BCUT2D eigenvalue weighted by atomic mass is 10.1. The van der Waals surface area contributed by atoms with E-state index in [9.17, 15) is 0 Å². The molecule has 0 bridgehead atoms. The first-order valence-electron chi connectivity index (χ1n) is 8.98. The van der Waals surface area contributed by atoms with Crippen molar-refractivity contribution in [3.63, 3.8) is 0 Å². The molecular formula is C19H31ClN2S. The van der Waals surface area contributed by atoms with Crippen molar-refractivity contribution in [3.05, 3.63) is 34.9 Å². The van der Waals surface area contributed by atoms with E-state index >= 15 is 0 Å². The number of benzene rings is 1. The van der Waals surface area contributed by atoms with E-state index in [4.69, 9.17) is 23.8 Å². The predicted molar refractivity (Wildman–Crippen MR) is 106 cm³/mol. The summed E-state index contributed by atoms with van der Waals surface area (Å²) in [5, 5.41) is 8.00. The molecule has 0 unspecified atom stereocenters. The van der Waals surface area contributed by atoms with Crippen molar-refractivity contribution < 1.29 is 0 Å². The standard InChI is InChI=1S/C19H31ClN2S/c1-2-3-4-5-6-7-8-9-10-15-21-19(23)22-16-17-11-13-18(20)14-12-17/h11-14H,2-10,15-16H2,1H3,(H2,21,22,23). The van der Waals surface area contributed by atoms with Gasteiger partial charge < -0.3 is 10.6 Å². The van der Waals surface area contributed by atoms with Crippen LogP contribution < -0.4 is 10.6 Å². The minimum absolute atomic E-state index is 0.736. The van der Waals surface area contributed by atoms with Gasteiger partial charge in [0.25, 0.3) is 0 Å². The Morgan fingerprint density at radius 3 is 2.04 bits per heavy atom. The average Bonchev–Trinajstić information content (AvgIpc) is 2.56. The number of rotatable bonds is 12. The normalized spacial score (nSPS) is 10.5. The van der Waals surface area contributed by atoms with Crippen LogP contribution in [-0.2, 0) is 6.54 Å². The third kappa shape index (κ3) is 11.4. The van der Waals surface area contributed by atoms with Gasteiger partial charge in [-0.1, -0.05) is 82.0 Å². The number of nitrogens with one attached hydrogen (secondary N) is 2. The zero-order valence-electron chi connectivity index (χ0n) is 14.4. The van der Waals surface area contributed by atoms with Crippen LogP contribution in [0.5, 0.6) is 0 Å². The van der Waals surface area contributed by atoms with Crippen molar-refractivity contribution >= 4 is 28.9 Å². The highest BCUT2D eigenvalue weighted by atomic mass is 35.5. The van der Waals surface area contributed by atoms with Crippen molar-refractivity contribution in [2.24, 2.45) is 0 Å². The molecular weight excluding hydrogens is 324 g/mol. The summed E-state index contributed by atoms with van der Waals surface area (Å²) in [7, 11) is 0. The second-order valence-corrected chi connectivity index (χ2v) is 6.91. The Hall–Kier alpha value is -0.800. The van der Waals surface area contributed by atoms with Crippen molar-refractivity contribution in [1.82, 2.24) is 10.6 Å². The Bertz CT molecular complexity index is 420. The molecule has 0 aliphatic heterocycles. The highest BCUT2D eigenvalue weighted by Gasteiger charge is 1.97. The fraction of sp³-hybridized carbons (Fsp3) is 0.632. The van der Waals surface area contributed by atoms with Gasteiger partial charge in [0.1, 0.15) is 0 Å². The molecule has 0 heterocycles. The third-order valence-electron chi connectivity index (χ3n) is 3.93. The van der Waals surface area contributed by atoms with E-state index in [0.717, 1.165) is 23.2 Å². The topological polar surface area (TPSA) is 24.1 Å². The van der Waals surface area contributed by atoms with Crippen LogP contribution >= 0.6 is 23.8 Å². The molecule has 1 aromatic carbocycles. The van der Waals surface area contributed by atoms with E-state index < -0.39 is 0 Å². The van der Waals surface area contributed by atoms with Crippen LogP contribution in [0.4, 0.5) is 0 Å². The molecule has 0 radical (unpaired) electrons. The van der Waals surface area contributed by atoms with Crippen LogP contribution in [-0.4, -0.2) is 11.7 Å². The lowest BCUT2D eigenvalue weighted by Gasteiger charge is -2.10. The monoisotopic (exact) mass is 354 g/mol. The Labute approximate surface area is 152 Å². The van der Waals surface area contributed by atoms with Gasteiger partial charge in [-0.15, -0.1) is 0 Å². The molecule has 1 aromatic rings. The van der Waals surface area contributed by atoms with Crippen molar-refractivity contribution in [3.8, 4) is 0 Å². The summed E-state index contributed by atoms with van der Waals surface area (Å²) < 4.78 is 0. The van der Waals surface area contributed by atoms with Gasteiger partial charge in [0, 0.05) is 18.1 Å². The highest BCUT2D eigenvalue weighted by molar-refractivity contribution is 7.80. The Morgan fingerprint density at radius 2 is 1.43 bits per heavy atom. The zero-order valence-corrected chi connectivity index (χ0v) is 15.9. The minimum Gasteiger partial charge on any atom is -0.363 e. The maximum Gasteiger partial charge on any atom is 0.166 e. The molecule has 0 atom stereocenters. The molecule has 0 aliphatic carbocycles. The first kappa shape index (κ1) is 20.2. The van der Waals surface area contributed by atoms with Gasteiger partial charge in [-0.25, -0.2) is 0 Å². The summed E-state index contributed by atoms with van der Waals surface area (Å²) in [6.07, 6.45) is 12.1. The second-order valence-electron chi connectivity index (χ2n) is 6.06. The van der Waals surface area contributed by atoms with E-state index in [1.54, 1.807) is 0 Å². The van der Waals surface area contributed by atoms with Crippen LogP contribution in [0.25, 0.3) is 0 Å². The summed E-state index contributed by atoms with van der Waals surface area (Å²) in [6, 6.07) is 7.82. The van der Waals surface area contributed by atoms with E-state index in [1.165, 1.54) is 63.4 Å². The van der Waals surface area contributed by atoms with Gasteiger partial charge in [0.15, 0.2) is 5.11 Å². The van der Waals surface area contributed by atoms with Gasteiger partial charge in [0.2, 0.25) is 0 Å². The first-order valence-corrected chi connectivity index (χ1v) is 9.77. The van der Waals surface area contributed by atoms with Crippen molar-refractivity contribution in [2.75, 3.05) is 6.54 Å².